The van der Waals surface area contributed by atoms with Crippen molar-refractivity contribution in [3.8, 4) is 0 Å². The number of hydrogen-bond acceptors (Lipinski definition) is 7. The van der Waals surface area contributed by atoms with Crippen molar-refractivity contribution >= 4 is 19.8 Å². The van der Waals surface area contributed by atoms with Crippen LogP contribution in [-0.4, -0.2) is 74.9 Å². The van der Waals surface area contributed by atoms with Gasteiger partial charge in [-0.15, -0.1) is 0 Å². The number of quaternary nitrogens is 1. The number of rotatable bonds is 61. The van der Waals surface area contributed by atoms with Crippen LogP contribution in [0.5, 0.6) is 0 Å². The predicted molar refractivity (Wildman–Crippen MR) is 380 cm³/mol. The molecular weight excluding hydrogens is 1110 g/mol. The van der Waals surface area contributed by atoms with Gasteiger partial charge in [-0.2, -0.15) is 0 Å². The Hall–Kier alpha value is -4.89. The molecule has 0 aliphatic carbocycles. The summed E-state index contributed by atoms with van der Waals surface area (Å²) in [5.74, 6) is -0.826. The van der Waals surface area contributed by atoms with Crippen LogP contribution in [0.1, 0.15) is 245 Å². The summed E-state index contributed by atoms with van der Waals surface area (Å²) < 4.78 is 34.7. The molecular formula is C78H127NO8P+. The van der Waals surface area contributed by atoms with Gasteiger partial charge in [-0.05, 0) is 135 Å². The number of likely N-dealkylation sites (N-methyl/N-ethyl adjacent to an activating group) is 1. The van der Waals surface area contributed by atoms with E-state index in [-0.39, 0.29) is 32.0 Å². The highest BCUT2D eigenvalue weighted by Gasteiger charge is 2.27. The lowest BCUT2D eigenvalue weighted by Gasteiger charge is -2.24. The zero-order valence-corrected chi connectivity index (χ0v) is 57.3. The van der Waals surface area contributed by atoms with E-state index in [9.17, 15) is 19.0 Å². The molecule has 0 rings (SSSR count). The molecule has 0 spiro atoms. The molecule has 0 radical (unpaired) electrons. The number of allylic oxidation sites excluding steroid dienone is 30. The molecule has 0 aliphatic rings. The van der Waals surface area contributed by atoms with Gasteiger partial charge >= 0.3 is 19.8 Å². The number of nitrogens with zero attached hydrogens (tertiary/aromatic N) is 1. The lowest BCUT2D eigenvalue weighted by atomic mass is 10.1. The number of esters is 2. The van der Waals surface area contributed by atoms with Gasteiger partial charge in [0.25, 0.3) is 0 Å². The third-order valence-corrected chi connectivity index (χ3v) is 14.9. The fraction of sp³-hybridized carbons (Fsp3) is 0.590. The summed E-state index contributed by atoms with van der Waals surface area (Å²) >= 11 is 0. The molecule has 88 heavy (non-hydrogen) atoms. The quantitative estimate of drug-likeness (QED) is 0.0211. The molecule has 0 saturated carbocycles. The second-order valence-corrected chi connectivity index (χ2v) is 24.9. The van der Waals surface area contributed by atoms with Crippen molar-refractivity contribution in [2.75, 3.05) is 47.5 Å². The van der Waals surface area contributed by atoms with E-state index >= 15 is 0 Å². The zero-order valence-electron chi connectivity index (χ0n) is 56.4. The summed E-state index contributed by atoms with van der Waals surface area (Å²) in [6.45, 7) is 4.17. The van der Waals surface area contributed by atoms with Crippen molar-refractivity contribution in [3.05, 3.63) is 182 Å². The minimum Gasteiger partial charge on any atom is -0.462 e. The van der Waals surface area contributed by atoms with Crippen molar-refractivity contribution in [3.63, 3.8) is 0 Å². The van der Waals surface area contributed by atoms with Crippen LogP contribution < -0.4 is 0 Å². The van der Waals surface area contributed by atoms with E-state index in [1.54, 1.807) is 0 Å². The van der Waals surface area contributed by atoms with E-state index < -0.39 is 26.5 Å². The number of carbonyl (C=O) groups excluding carboxylic acids is 2. The Labute approximate surface area is 540 Å². The molecule has 10 heteroatoms. The molecule has 9 nitrogen and oxygen atoms in total. The van der Waals surface area contributed by atoms with Crippen molar-refractivity contribution in [2.24, 2.45) is 0 Å². The Kier molecular flexibility index (Phi) is 62.8. The Balaban J connectivity index is 4.16. The number of unbranched alkanes of at least 4 members (excludes halogenated alkanes) is 17. The summed E-state index contributed by atoms with van der Waals surface area (Å²) in [6.07, 6.45) is 103. The third-order valence-electron chi connectivity index (χ3n) is 13.9. The van der Waals surface area contributed by atoms with Crippen molar-refractivity contribution in [1.82, 2.24) is 0 Å². The molecule has 496 valence electrons. The average Bonchev–Trinajstić information content (AvgIpc) is 3.58. The fourth-order valence-corrected chi connectivity index (χ4v) is 9.46. The van der Waals surface area contributed by atoms with E-state index in [4.69, 9.17) is 18.5 Å². The Morgan fingerprint density at radius 1 is 0.352 bits per heavy atom. The van der Waals surface area contributed by atoms with Gasteiger partial charge < -0.3 is 18.9 Å². The van der Waals surface area contributed by atoms with Gasteiger partial charge in [-0.3, -0.25) is 18.6 Å². The first kappa shape index (κ1) is 83.1. The Bertz CT molecular complexity index is 2140. The SMILES string of the molecule is CC/C=C\C/C=C\C/C=C\C/C=C\C/C=C\C/C=C\C/C=C\C/C=C\C/C=C\C/C=C\C/C=C\CCCCCCCCCC(=O)OC(COC(=O)CCCCCCCCCCCC/C=C\C/C=C\C/C=C\C/C=C\CC)COP(=O)(O)OCC[N+](C)(C)C. The molecule has 2 atom stereocenters. The van der Waals surface area contributed by atoms with Gasteiger partial charge in [0.15, 0.2) is 6.10 Å². The number of hydrogen-bond donors (Lipinski definition) is 1. The largest absolute Gasteiger partial charge is 0.472 e. The highest BCUT2D eigenvalue weighted by atomic mass is 31.2. The van der Waals surface area contributed by atoms with Gasteiger partial charge in [-0.25, -0.2) is 4.57 Å². The standard InChI is InChI=1S/C78H126NO8P/c1-6-8-10-12-14-16-18-20-22-24-26-28-30-31-32-33-34-35-36-37-38-39-40-41-42-43-44-45-46-47-49-51-53-55-57-59-61-63-65-67-69-71-78(81)87-76(75-86-88(82,83)85-73-72-79(3,4)5)74-84-77(80)70-68-66-64-62-60-58-56-54-52-50-48-29-27-25-23-21-19-17-15-13-11-9-7-2/h8-11,14-17,20-23,26-29,31-32,34-35,37-38,40-41,43-44,46-47,51,53,76H,6-7,12-13,18-19,24-25,30,33,36,39,42,45,48-50,52,54-75H2,1-5H3/p+1/b10-8-,11-9-,16-14-,17-15-,22-20-,23-21-,28-26-,29-27-,32-31-,35-34-,38-37-,41-40-,44-43-,47-46-,53-51-. The first-order chi connectivity index (χ1) is 43.0. The topological polar surface area (TPSA) is 108 Å². The smallest absolute Gasteiger partial charge is 0.462 e. The molecule has 0 aromatic heterocycles. The third kappa shape index (κ3) is 70.2. The van der Waals surface area contributed by atoms with E-state index in [1.165, 1.54) is 57.8 Å². The second-order valence-electron chi connectivity index (χ2n) is 23.4. The van der Waals surface area contributed by atoms with Crippen LogP contribution in [0, 0.1) is 0 Å². The molecule has 0 saturated heterocycles. The van der Waals surface area contributed by atoms with Crippen LogP contribution in [0.15, 0.2) is 182 Å². The maximum atomic E-state index is 12.9. The summed E-state index contributed by atoms with van der Waals surface area (Å²) in [6, 6.07) is 0. The first-order valence-corrected chi connectivity index (χ1v) is 36.0. The van der Waals surface area contributed by atoms with Crippen LogP contribution in [0.25, 0.3) is 0 Å². The maximum absolute atomic E-state index is 12.9. The van der Waals surface area contributed by atoms with Crippen LogP contribution in [-0.2, 0) is 32.7 Å². The first-order valence-electron chi connectivity index (χ1n) is 34.5. The van der Waals surface area contributed by atoms with Gasteiger partial charge in [0, 0.05) is 12.8 Å². The molecule has 0 aliphatic heterocycles. The monoisotopic (exact) mass is 1240 g/mol. The van der Waals surface area contributed by atoms with E-state index in [2.05, 4.69) is 196 Å². The van der Waals surface area contributed by atoms with Crippen LogP contribution >= 0.6 is 7.82 Å². The maximum Gasteiger partial charge on any atom is 0.472 e. The molecule has 0 amide bonds. The lowest BCUT2D eigenvalue weighted by molar-refractivity contribution is -0.870. The van der Waals surface area contributed by atoms with Crippen LogP contribution in [0.2, 0.25) is 0 Å². The fourth-order valence-electron chi connectivity index (χ4n) is 8.72. The summed E-state index contributed by atoms with van der Waals surface area (Å²) in [7, 11) is 1.44. The summed E-state index contributed by atoms with van der Waals surface area (Å²) in [4.78, 5) is 35.8. The molecule has 0 aromatic carbocycles. The molecule has 0 heterocycles. The minimum absolute atomic E-state index is 0.0191. The number of carbonyl (C=O) groups is 2. The highest BCUT2D eigenvalue weighted by Crippen LogP contribution is 2.43. The molecule has 0 fully saturated rings. The molecule has 0 aromatic rings. The van der Waals surface area contributed by atoms with Crippen LogP contribution in [0.3, 0.4) is 0 Å². The average molecular weight is 1240 g/mol. The summed E-state index contributed by atoms with van der Waals surface area (Å²) in [5.41, 5.74) is 0. The van der Waals surface area contributed by atoms with E-state index in [0.717, 1.165) is 154 Å². The highest BCUT2D eigenvalue weighted by molar-refractivity contribution is 7.47. The van der Waals surface area contributed by atoms with Crippen LogP contribution in [0.4, 0.5) is 0 Å². The summed E-state index contributed by atoms with van der Waals surface area (Å²) in [5, 5.41) is 0. The Morgan fingerprint density at radius 2 is 0.614 bits per heavy atom. The number of ether oxygens (including phenoxy) is 2. The van der Waals surface area contributed by atoms with E-state index in [0.29, 0.717) is 17.4 Å². The van der Waals surface area contributed by atoms with Gasteiger partial charge in [0.2, 0.25) is 0 Å². The van der Waals surface area contributed by atoms with Gasteiger partial charge in [0.1, 0.15) is 19.8 Å². The number of phosphoric acid groups is 1. The zero-order chi connectivity index (χ0) is 64.1. The van der Waals surface area contributed by atoms with Crippen molar-refractivity contribution in [2.45, 2.75) is 251 Å². The van der Waals surface area contributed by atoms with Crippen molar-refractivity contribution in [1.29, 1.82) is 0 Å². The molecule has 2 unspecified atom stereocenters. The predicted octanol–water partition coefficient (Wildman–Crippen LogP) is 22.7. The van der Waals surface area contributed by atoms with Gasteiger partial charge in [0.05, 0.1) is 27.7 Å². The van der Waals surface area contributed by atoms with Gasteiger partial charge in [-0.1, -0.05) is 280 Å². The van der Waals surface area contributed by atoms with E-state index in [1.807, 2.05) is 21.1 Å². The molecule has 1 N–H and O–H groups in total. The lowest BCUT2D eigenvalue weighted by Crippen LogP contribution is -2.37. The second kappa shape index (κ2) is 66.5. The number of phosphoric ester groups is 1. The van der Waals surface area contributed by atoms with Crippen molar-refractivity contribution < 1.29 is 42.1 Å². The normalized spacial score (nSPS) is 14.3. The molecule has 0 bridgehead atoms. The minimum atomic E-state index is -4.41. The Morgan fingerprint density at radius 3 is 0.909 bits per heavy atom.